The van der Waals surface area contributed by atoms with Crippen molar-refractivity contribution in [2.24, 2.45) is 0 Å². The lowest BCUT2D eigenvalue weighted by Crippen LogP contribution is -2.29. The number of unbranched alkanes of at least 4 members (excludes halogenated alkanes) is 2. The molecule has 0 saturated heterocycles. The minimum Gasteiger partial charge on any atom is -0.481 e. The van der Waals surface area contributed by atoms with Gasteiger partial charge in [-0.1, -0.05) is 48.5 Å². The Morgan fingerprint density at radius 2 is 1.66 bits per heavy atom. The Labute approximate surface area is 244 Å². The normalized spacial score (nSPS) is 20.2. The molecule has 2 heterocycles. The first-order valence-electron chi connectivity index (χ1n) is 14.9. The van der Waals surface area contributed by atoms with Crippen LogP contribution in [0.1, 0.15) is 70.9 Å². The summed E-state index contributed by atoms with van der Waals surface area (Å²) in [5, 5.41) is 11.6. The standard InChI is InChI=1S/C37H39N2O2/c1-36(2)29-15-10-11-16-31(29)38(5)32(36)23-25-21-26(22-25)24-33-37(3,4)30-19-18-27-13-8-9-14-28(27)35(30)39(33)20-12-6-7-17-34(40)41/h8-11,13-16,18-19,23-24H,6-7,12,17,20-21H2,1-5H3/q+1/p+1. The Kier molecular flexibility index (Phi) is 6.71. The van der Waals surface area contributed by atoms with Crippen molar-refractivity contribution < 1.29 is 14.5 Å². The van der Waals surface area contributed by atoms with Crippen molar-refractivity contribution in [3.05, 3.63) is 107 Å². The van der Waals surface area contributed by atoms with E-state index in [1.807, 2.05) is 0 Å². The van der Waals surface area contributed by atoms with Crippen molar-refractivity contribution in [3.8, 4) is 0 Å². The van der Waals surface area contributed by atoms with E-state index in [1.165, 1.54) is 55.8 Å². The molecule has 0 unspecified atom stereocenters. The zero-order valence-electron chi connectivity index (χ0n) is 24.9. The van der Waals surface area contributed by atoms with Crippen molar-refractivity contribution in [1.82, 2.24) is 0 Å². The van der Waals surface area contributed by atoms with E-state index in [-0.39, 0.29) is 17.3 Å². The van der Waals surface area contributed by atoms with Crippen molar-refractivity contribution in [3.63, 3.8) is 0 Å². The number of allylic oxidation sites excluding steroid dienone is 6. The molecule has 0 saturated carbocycles. The zero-order valence-corrected chi connectivity index (χ0v) is 24.9. The number of hydrogen-bond acceptors (Lipinski definition) is 2. The fraction of sp³-hybridized carbons (Fsp3) is 0.351. The van der Waals surface area contributed by atoms with E-state index >= 15 is 0 Å². The summed E-state index contributed by atoms with van der Waals surface area (Å²) in [5.74, 6) is -0.713. The lowest BCUT2D eigenvalue weighted by atomic mass is 9.78. The first kappa shape index (κ1) is 27.2. The average molecular weight is 545 g/mol. The summed E-state index contributed by atoms with van der Waals surface area (Å²) >= 11 is 0. The third kappa shape index (κ3) is 4.61. The Morgan fingerprint density at radius 3 is 2.41 bits per heavy atom. The highest BCUT2D eigenvalue weighted by Crippen LogP contribution is 2.48. The number of likely N-dealkylation sites (N-methyl/N-ethyl adjacent to an activating group) is 1. The Hall–Kier alpha value is -4.01. The van der Waals surface area contributed by atoms with Gasteiger partial charge < -0.3 is 10.0 Å². The Bertz CT molecular complexity index is 1680. The number of benzene rings is 3. The van der Waals surface area contributed by atoms with Crippen LogP contribution in [0.5, 0.6) is 0 Å². The number of aliphatic carboxylic acids is 1. The highest BCUT2D eigenvalue weighted by Gasteiger charge is 2.48. The fourth-order valence-electron chi connectivity index (χ4n) is 7.02. The number of carboxylic acids is 1. The van der Waals surface area contributed by atoms with Crippen LogP contribution in [0.3, 0.4) is 0 Å². The molecule has 1 N–H and O–H groups in total. The van der Waals surface area contributed by atoms with Crippen LogP contribution in [-0.2, 0) is 15.6 Å². The lowest BCUT2D eigenvalue weighted by Gasteiger charge is -2.22. The van der Waals surface area contributed by atoms with Crippen molar-refractivity contribution >= 4 is 33.8 Å². The number of anilines is 1. The van der Waals surface area contributed by atoms with Crippen LogP contribution in [0.2, 0.25) is 0 Å². The van der Waals surface area contributed by atoms with Gasteiger partial charge in [-0.2, -0.15) is 4.58 Å². The number of rotatable bonds is 8. The Morgan fingerprint density at radius 1 is 0.927 bits per heavy atom. The number of nitrogens with zero attached hydrogens (tertiary/aromatic N) is 2. The summed E-state index contributed by atoms with van der Waals surface area (Å²) in [7, 11) is 2.17. The molecule has 208 valence electrons. The average Bonchev–Trinajstić information content (AvgIpc) is 3.25. The number of carbonyl (C=O) groups is 1. The number of carboxylic acid groups (broad SMARTS) is 1. The summed E-state index contributed by atoms with van der Waals surface area (Å²) < 4.78 is 2.51. The van der Waals surface area contributed by atoms with Gasteiger partial charge in [0.05, 0.1) is 29.0 Å². The maximum Gasteiger partial charge on any atom is 0.303 e. The molecule has 0 atom stereocenters. The highest BCUT2D eigenvalue weighted by atomic mass is 16.4. The van der Waals surface area contributed by atoms with Crippen LogP contribution in [0.15, 0.2) is 89.7 Å². The third-order valence-electron chi connectivity index (χ3n) is 9.31. The lowest BCUT2D eigenvalue weighted by molar-refractivity contribution is -0.436. The van der Waals surface area contributed by atoms with Gasteiger partial charge in [0.2, 0.25) is 11.4 Å². The van der Waals surface area contributed by atoms with Crippen LogP contribution in [-0.4, -0.2) is 35.0 Å². The topological polar surface area (TPSA) is 43.5 Å². The second-order valence-corrected chi connectivity index (χ2v) is 12.8. The SMILES string of the molecule is CN1C(=CC2=[C+]C(=CC3=[N+](CCCCCC(=O)O)c4c(ccc5ccccc45)C3(C)C)C2)C(C)(C)c2ccccc21. The second kappa shape index (κ2) is 10.1. The van der Waals surface area contributed by atoms with E-state index in [9.17, 15) is 4.79 Å². The van der Waals surface area contributed by atoms with Crippen LogP contribution in [0.4, 0.5) is 11.4 Å². The highest BCUT2D eigenvalue weighted by molar-refractivity contribution is 6.07. The van der Waals surface area contributed by atoms with Gasteiger partial charge >= 0.3 is 5.97 Å². The molecule has 0 spiro atoms. The number of fused-ring (bicyclic) bond motifs is 4. The van der Waals surface area contributed by atoms with Crippen molar-refractivity contribution in [1.29, 1.82) is 0 Å². The van der Waals surface area contributed by atoms with Gasteiger partial charge in [-0.15, -0.1) is 0 Å². The maximum atomic E-state index is 11.0. The molecule has 2 aliphatic heterocycles. The molecule has 4 heteroatoms. The maximum absolute atomic E-state index is 11.0. The minimum atomic E-state index is -0.713. The van der Waals surface area contributed by atoms with Crippen LogP contribution in [0.25, 0.3) is 10.8 Å². The molecule has 0 amide bonds. The molecule has 0 bridgehead atoms. The van der Waals surface area contributed by atoms with Gasteiger partial charge in [0.15, 0.2) is 6.54 Å². The van der Waals surface area contributed by atoms with Crippen LogP contribution in [0, 0.1) is 6.08 Å². The van der Waals surface area contributed by atoms with Crippen molar-refractivity contribution in [2.45, 2.75) is 70.6 Å². The van der Waals surface area contributed by atoms with Gasteiger partial charge in [-0.05, 0) is 63.6 Å². The number of hydrogen-bond donors (Lipinski definition) is 1. The predicted molar refractivity (Wildman–Crippen MR) is 168 cm³/mol. The Balaban J connectivity index is 1.34. The van der Waals surface area contributed by atoms with E-state index in [0.29, 0.717) is 6.42 Å². The summed E-state index contributed by atoms with van der Waals surface area (Å²) in [6.07, 6.45) is 12.1. The molecule has 6 rings (SSSR count). The molecule has 0 aromatic heterocycles. The monoisotopic (exact) mass is 544 g/mol. The van der Waals surface area contributed by atoms with Gasteiger partial charge in [-0.3, -0.25) is 4.79 Å². The summed E-state index contributed by atoms with van der Waals surface area (Å²) in [5.41, 5.74) is 10.2. The molecule has 0 fully saturated rings. The minimum absolute atomic E-state index is 0.0399. The second-order valence-electron chi connectivity index (χ2n) is 12.8. The van der Waals surface area contributed by atoms with Crippen LogP contribution < -0.4 is 4.90 Å². The summed E-state index contributed by atoms with van der Waals surface area (Å²) in [6.45, 7) is 10.2. The molecule has 41 heavy (non-hydrogen) atoms. The summed E-state index contributed by atoms with van der Waals surface area (Å²) in [4.78, 5) is 13.4. The molecular formula is C37H40N2O2+2. The molecule has 0 radical (unpaired) electrons. The van der Waals surface area contributed by atoms with Gasteiger partial charge in [0, 0.05) is 42.6 Å². The van der Waals surface area contributed by atoms with E-state index in [4.69, 9.17) is 5.11 Å². The van der Waals surface area contributed by atoms with E-state index in [0.717, 1.165) is 25.8 Å². The molecular weight excluding hydrogens is 504 g/mol. The van der Waals surface area contributed by atoms with Crippen molar-refractivity contribution in [2.75, 3.05) is 18.5 Å². The molecule has 4 nitrogen and oxygen atoms in total. The van der Waals surface area contributed by atoms with E-state index in [2.05, 4.69) is 123 Å². The molecule has 3 aromatic rings. The fourth-order valence-corrected chi connectivity index (χ4v) is 7.02. The first-order chi connectivity index (χ1) is 19.6. The van der Waals surface area contributed by atoms with Gasteiger partial charge in [0.25, 0.3) is 0 Å². The molecule has 1 aliphatic carbocycles. The van der Waals surface area contributed by atoms with E-state index in [1.54, 1.807) is 0 Å². The predicted octanol–water partition coefficient (Wildman–Crippen LogP) is 8.23. The molecule has 3 aliphatic rings. The first-order valence-corrected chi connectivity index (χ1v) is 14.9. The summed E-state index contributed by atoms with van der Waals surface area (Å²) in [6, 6.07) is 21.9. The third-order valence-corrected chi connectivity index (χ3v) is 9.31. The largest absolute Gasteiger partial charge is 0.481 e. The zero-order chi connectivity index (χ0) is 28.9. The molecule has 3 aromatic carbocycles. The van der Waals surface area contributed by atoms with E-state index < -0.39 is 5.97 Å². The smallest absolute Gasteiger partial charge is 0.303 e. The quantitative estimate of drug-likeness (QED) is 0.176. The number of para-hydroxylation sites is 1. The van der Waals surface area contributed by atoms with Crippen LogP contribution >= 0.6 is 0 Å². The van der Waals surface area contributed by atoms with Gasteiger partial charge in [0.1, 0.15) is 17.2 Å². The van der Waals surface area contributed by atoms with Gasteiger partial charge in [-0.25, -0.2) is 0 Å².